The van der Waals surface area contributed by atoms with E-state index in [0.29, 0.717) is 5.56 Å². The molecule has 0 saturated carbocycles. The molecule has 1 N–H and O–H groups in total. The van der Waals surface area contributed by atoms with Crippen molar-refractivity contribution in [3.05, 3.63) is 76.1 Å². The van der Waals surface area contributed by atoms with Gasteiger partial charge in [-0.3, -0.25) is 4.98 Å². The number of hydrogen-bond acceptors (Lipinski definition) is 3. The molecule has 2 aromatic rings. The molecule has 4 rings (SSSR count). The summed E-state index contributed by atoms with van der Waals surface area (Å²) in [5.41, 5.74) is 4.72. The second kappa shape index (κ2) is 9.64. The number of aryl methyl sites for hydroxylation is 1. The van der Waals surface area contributed by atoms with Crippen LogP contribution < -0.4 is 0 Å². The summed E-state index contributed by atoms with van der Waals surface area (Å²) < 4.78 is 20.6. The van der Waals surface area contributed by atoms with E-state index >= 15 is 0 Å². The van der Waals surface area contributed by atoms with Crippen molar-refractivity contribution in [2.45, 2.75) is 110 Å². The van der Waals surface area contributed by atoms with E-state index in [9.17, 15) is 9.50 Å². The van der Waals surface area contributed by atoms with Gasteiger partial charge >= 0.3 is 0 Å². The molecule has 2 aliphatic carbocycles. The van der Waals surface area contributed by atoms with Gasteiger partial charge in [0, 0.05) is 22.6 Å². The molecule has 5 heteroatoms. The average molecular weight is 524 g/mol. The largest absolute Gasteiger partial charge is 0.547 e. The van der Waals surface area contributed by atoms with Gasteiger partial charge in [0.25, 0.3) is 0 Å². The number of allylic oxidation sites excluding steroid dienone is 2. The maximum Gasteiger partial charge on any atom is 0.250 e. The lowest BCUT2D eigenvalue weighted by Gasteiger charge is -2.42. The fourth-order valence-electron chi connectivity index (χ4n) is 5.66. The van der Waals surface area contributed by atoms with E-state index in [0.717, 1.165) is 54.8 Å². The van der Waals surface area contributed by atoms with Crippen molar-refractivity contribution in [2.75, 3.05) is 0 Å². The van der Waals surface area contributed by atoms with Crippen LogP contribution in [0, 0.1) is 17.2 Å². The SMILES string of the molecule is CC1(C)CCc2cc([C@H](O)c3ccc(F)cc3)c(C(C)(C)C3CCC=C3O[Si](C)(C)C(C)(C)C)nc2C1. The fraction of sp³-hybridized carbons (Fsp3) is 0.594. The van der Waals surface area contributed by atoms with Crippen LogP contribution in [0.15, 0.2) is 42.2 Å². The molecule has 0 saturated heterocycles. The maximum atomic E-state index is 13.7. The highest BCUT2D eigenvalue weighted by Gasteiger charge is 2.46. The van der Waals surface area contributed by atoms with Gasteiger partial charge in [-0.05, 0) is 91.1 Å². The monoisotopic (exact) mass is 523 g/mol. The molecule has 1 unspecified atom stereocenters. The number of benzene rings is 1. The second-order valence-electron chi connectivity index (χ2n) is 14.1. The van der Waals surface area contributed by atoms with E-state index in [2.05, 4.69) is 73.7 Å². The van der Waals surface area contributed by atoms with Gasteiger partial charge in [0.05, 0.1) is 11.5 Å². The number of aliphatic hydroxyl groups is 1. The summed E-state index contributed by atoms with van der Waals surface area (Å²) in [4.78, 5) is 5.36. The smallest absolute Gasteiger partial charge is 0.250 e. The standard InChI is InChI=1S/C32H46FNO2Si/c1-30(2,3)37(8,9)36-27-12-10-11-25(27)32(6,7)29-24(28(35)21-13-15-23(33)16-14-21)19-22-17-18-31(4,5)20-26(22)34-29/h12-16,19,25,28,35H,10-11,17-18,20H2,1-9H3/t25?,28-/m1/s1. The zero-order valence-electron chi connectivity index (χ0n) is 24.3. The van der Waals surface area contributed by atoms with Crippen LogP contribution in [-0.2, 0) is 22.7 Å². The molecule has 202 valence electrons. The minimum atomic E-state index is -2.00. The van der Waals surface area contributed by atoms with Crippen LogP contribution in [-0.4, -0.2) is 18.4 Å². The lowest BCUT2D eigenvalue weighted by molar-refractivity contribution is 0.207. The molecule has 0 radical (unpaired) electrons. The predicted octanol–water partition coefficient (Wildman–Crippen LogP) is 8.41. The van der Waals surface area contributed by atoms with E-state index in [1.54, 1.807) is 12.1 Å². The van der Waals surface area contributed by atoms with Crippen LogP contribution in [0.3, 0.4) is 0 Å². The minimum absolute atomic E-state index is 0.116. The van der Waals surface area contributed by atoms with Crippen LogP contribution in [0.4, 0.5) is 4.39 Å². The van der Waals surface area contributed by atoms with Crippen LogP contribution in [0.25, 0.3) is 0 Å². The summed E-state index contributed by atoms with van der Waals surface area (Å²) in [6.45, 7) is 20.6. The Hall–Kier alpha value is -1.98. The predicted molar refractivity (Wildman–Crippen MR) is 153 cm³/mol. The number of rotatable bonds is 6. The summed E-state index contributed by atoms with van der Waals surface area (Å²) in [6.07, 6.45) is 6.42. The van der Waals surface area contributed by atoms with E-state index in [1.807, 2.05) is 0 Å². The van der Waals surface area contributed by atoms with Gasteiger partial charge in [-0.1, -0.05) is 60.6 Å². The van der Waals surface area contributed by atoms with E-state index in [-0.39, 0.29) is 27.6 Å². The molecule has 0 fully saturated rings. The number of pyridine rings is 1. The van der Waals surface area contributed by atoms with Crippen LogP contribution >= 0.6 is 0 Å². The molecule has 1 heterocycles. The Kier molecular flexibility index (Phi) is 7.31. The molecule has 37 heavy (non-hydrogen) atoms. The van der Waals surface area contributed by atoms with Gasteiger partial charge in [0.1, 0.15) is 11.9 Å². The minimum Gasteiger partial charge on any atom is -0.547 e. The topological polar surface area (TPSA) is 42.4 Å². The zero-order valence-corrected chi connectivity index (χ0v) is 25.3. The molecule has 3 nitrogen and oxygen atoms in total. The summed E-state index contributed by atoms with van der Waals surface area (Å²) in [7, 11) is -2.00. The molecular weight excluding hydrogens is 477 g/mol. The number of fused-ring (bicyclic) bond motifs is 1. The highest BCUT2D eigenvalue weighted by Crippen LogP contribution is 2.49. The molecule has 0 spiro atoms. The molecule has 2 atom stereocenters. The van der Waals surface area contributed by atoms with Crippen molar-refractivity contribution in [1.29, 1.82) is 0 Å². The molecule has 0 bridgehead atoms. The maximum absolute atomic E-state index is 13.7. The highest BCUT2D eigenvalue weighted by atomic mass is 28.4. The lowest BCUT2D eigenvalue weighted by Crippen LogP contribution is -2.43. The third-order valence-corrected chi connectivity index (χ3v) is 13.6. The van der Waals surface area contributed by atoms with Gasteiger partial charge in [0.2, 0.25) is 8.32 Å². The normalized spacial score (nSPS) is 20.8. The van der Waals surface area contributed by atoms with Crippen molar-refractivity contribution in [1.82, 2.24) is 4.98 Å². The second-order valence-corrected chi connectivity index (χ2v) is 18.9. The van der Waals surface area contributed by atoms with Crippen molar-refractivity contribution in [3.8, 4) is 0 Å². The van der Waals surface area contributed by atoms with Crippen molar-refractivity contribution in [3.63, 3.8) is 0 Å². The molecular formula is C32H46FNO2Si. The van der Waals surface area contributed by atoms with Gasteiger partial charge in [-0.25, -0.2) is 4.39 Å². The number of halogens is 1. The Morgan fingerprint density at radius 2 is 1.76 bits per heavy atom. The fourth-order valence-corrected chi connectivity index (χ4v) is 6.78. The van der Waals surface area contributed by atoms with Crippen molar-refractivity contribution < 1.29 is 13.9 Å². The average Bonchev–Trinajstić information content (AvgIpc) is 3.25. The quantitative estimate of drug-likeness (QED) is 0.386. The molecule has 1 aromatic carbocycles. The Morgan fingerprint density at radius 3 is 2.38 bits per heavy atom. The van der Waals surface area contributed by atoms with Crippen molar-refractivity contribution >= 4 is 8.32 Å². The van der Waals surface area contributed by atoms with Gasteiger partial charge in [0.15, 0.2) is 0 Å². The van der Waals surface area contributed by atoms with Crippen molar-refractivity contribution in [2.24, 2.45) is 11.3 Å². The first-order valence-corrected chi connectivity index (χ1v) is 16.8. The number of aromatic nitrogens is 1. The van der Waals surface area contributed by atoms with Gasteiger partial charge in [-0.15, -0.1) is 0 Å². The first-order chi connectivity index (χ1) is 17.0. The Morgan fingerprint density at radius 1 is 1.11 bits per heavy atom. The third kappa shape index (κ3) is 5.58. The molecule has 0 amide bonds. The van der Waals surface area contributed by atoms with E-state index < -0.39 is 14.4 Å². The summed E-state index contributed by atoms with van der Waals surface area (Å²) in [5, 5.41) is 11.7. The van der Waals surface area contributed by atoms with Gasteiger partial charge in [-0.2, -0.15) is 0 Å². The summed E-state index contributed by atoms with van der Waals surface area (Å²) >= 11 is 0. The van der Waals surface area contributed by atoms with Crippen LogP contribution in [0.2, 0.25) is 18.1 Å². The first-order valence-electron chi connectivity index (χ1n) is 13.9. The summed E-state index contributed by atoms with van der Waals surface area (Å²) in [6, 6.07) is 8.39. The number of nitrogens with zero attached hydrogens (tertiary/aromatic N) is 1. The Labute approximate surface area is 224 Å². The Bertz CT molecular complexity index is 1170. The Balaban J connectivity index is 1.80. The number of hydrogen-bond donors (Lipinski definition) is 1. The molecule has 2 aliphatic rings. The van der Waals surface area contributed by atoms with Crippen LogP contribution in [0.5, 0.6) is 0 Å². The summed E-state index contributed by atoms with van der Waals surface area (Å²) in [5.74, 6) is 0.979. The zero-order chi connectivity index (χ0) is 27.4. The number of aliphatic hydroxyl groups excluding tert-OH is 1. The lowest BCUT2D eigenvalue weighted by atomic mass is 9.70. The van der Waals surface area contributed by atoms with E-state index in [1.165, 1.54) is 17.7 Å². The third-order valence-electron chi connectivity index (χ3n) is 9.22. The first kappa shape index (κ1) is 28.0. The van der Waals surface area contributed by atoms with Crippen LogP contribution in [0.1, 0.15) is 102 Å². The molecule has 1 aromatic heterocycles. The van der Waals surface area contributed by atoms with E-state index in [4.69, 9.17) is 9.41 Å². The highest BCUT2D eigenvalue weighted by molar-refractivity contribution is 6.74. The molecule has 0 aliphatic heterocycles. The van der Waals surface area contributed by atoms with Gasteiger partial charge < -0.3 is 9.53 Å².